The molecule has 3 heteroatoms. The maximum atomic E-state index is 6.15. The van der Waals surface area contributed by atoms with Crippen LogP contribution in [0, 0.1) is 0 Å². The van der Waals surface area contributed by atoms with E-state index in [9.17, 15) is 0 Å². The van der Waals surface area contributed by atoms with Crippen LogP contribution in [0.3, 0.4) is 0 Å². The zero-order valence-electron chi connectivity index (χ0n) is 10.6. The van der Waals surface area contributed by atoms with Crippen molar-refractivity contribution in [1.29, 1.82) is 0 Å². The van der Waals surface area contributed by atoms with Crippen molar-refractivity contribution in [2.24, 2.45) is 0 Å². The average Bonchev–Trinajstić information content (AvgIpc) is 2.28. The molecule has 0 aromatic heterocycles. The van der Waals surface area contributed by atoms with E-state index in [0.717, 1.165) is 30.8 Å². The summed E-state index contributed by atoms with van der Waals surface area (Å²) in [6, 6.07) is 5.90. The Hall–Kier alpha value is -0.990. The van der Waals surface area contributed by atoms with Crippen molar-refractivity contribution in [1.82, 2.24) is 5.32 Å². The monoisotopic (exact) mass is 253 g/mol. The van der Waals surface area contributed by atoms with E-state index in [1.807, 2.05) is 25.1 Å². The van der Waals surface area contributed by atoms with Crippen molar-refractivity contribution in [2.75, 3.05) is 13.2 Å². The highest BCUT2D eigenvalue weighted by atomic mass is 35.5. The van der Waals surface area contributed by atoms with E-state index in [2.05, 4.69) is 18.8 Å². The lowest BCUT2D eigenvalue weighted by molar-refractivity contribution is 0.322. The fourth-order valence-corrected chi connectivity index (χ4v) is 1.63. The lowest BCUT2D eigenvalue weighted by Crippen LogP contribution is -2.11. The van der Waals surface area contributed by atoms with E-state index in [-0.39, 0.29) is 0 Å². The van der Waals surface area contributed by atoms with E-state index in [1.54, 1.807) is 0 Å². The largest absolute Gasteiger partial charge is 0.492 e. The molecule has 17 heavy (non-hydrogen) atoms. The second-order valence-electron chi connectivity index (χ2n) is 4.10. The number of halogens is 1. The Morgan fingerprint density at radius 3 is 2.82 bits per heavy atom. The van der Waals surface area contributed by atoms with E-state index in [4.69, 9.17) is 16.3 Å². The first-order valence-electron chi connectivity index (χ1n) is 5.89. The molecule has 1 aromatic carbocycles. The van der Waals surface area contributed by atoms with Crippen LogP contribution in [0.1, 0.15) is 25.8 Å². The number of ether oxygens (including phenoxy) is 1. The van der Waals surface area contributed by atoms with Gasteiger partial charge in [-0.05, 0) is 31.2 Å². The summed E-state index contributed by atoms with van der Waals surface area (Å²) in [6.07, 6.45) is 0.857. The van der Waals surface area contributed by atoms with Gasteiger partial charge in [0.05, 0.1) is 11.6 Å². The van der Waals surface area contributed by atoms with E-state index >= 15 is 0 Å². The van der Waals surface area contributed by atoms with Crippen LogP contribution in [-0.2, 0) is 6.54 Å². The Labute approximate surface area is 109 Å². The molecule has 0 heterocycles. The van der Waals surface area contributed by atoms with Crippen molar-refractivity contribution in [3.8, 4) is 5.75 Å². The van der Waals surface area contributed by atoms with Crippen molar-refractivity contribution >= 4 is 11.6 Å². The van der Waals surface area contributed by atoms with Gasteiger partial charge in [-0.3, -0.25) is 0 Å². The summed E-state index contributed by atoms with van der Waals surface area (Å²) in [7, 11) is 0. The third-order valence-corrected chi connectivity index (χ3v) is 2.66. The summed E-state index contributed by atoms with van der Waals surface area (Å²) >= 11 is 6.15. The van der Waals surface area contributed by atoms with Gasteiger partial charge >= 0.3 is 0 Å². The Kier molecular flexibility index (Phi) is 6.09. The predicted molar refractivity (Wildman–Crippen MR) is 73.8 cm³/mol. The van der Waals surface area contributed by atoms with Crippen LogP contribution < -0.4 is 10.1 Å². The van der Waals surface area contributed by atoms with Crippen molar-refractivity contribution in [3.05, 3.63) is 40.9 Å². The van der Waals surface area contributed by atoms with Crippen LogP contribution in [0.5, 0.6) is 5.75 Å². The molecule has 0 amide bonds. The molecule has 0 unspecified atom stereocenters. The molecule has 0 fully saturated rings. The van der Waals surface area contributed by atoms with Gasteiger partial charge in [-0.2, -0.15) is 0 Å². The molecule has 0 radical (unpaired) electrons. The van der Waals surface area contributed by atoms with Crippen LogP contribution in [0.4, 0.5) is 0 Å². The molecule has 0 bridgehead atoms. The fourth-order valence-electron chi connectivity index (χ4n) is 1.38. The van der Waals surface area contributed by atoms with Crippen LogP contribution in [0.2, 0.25) is 5.02 Å². The number of rotatable bonds is 7. The predicted octanol–water partition coefficient (Wildman–Crippen LogP) is 3.79. The third-order valence-electron chi connectivity index (χ3n) is 2.36. The highest BCUT2D eigenvalue weighted by molar-refractivity contribution is 6.32. The highest BCUT2D eigenvalue weighted by Crippen LogP contribution is 2.25. The summed E-state index contributed by atoms with van der Waals surface area (Å²) in [5, 5.41) is 3.93. The van der Waals surface area contributed by atoms with Crippen LogP contribution in [-0.4, -0.2) is 13.2 Å². The van der Waals surface area contributed by atoms with Crippen LogP contribution in [0.15, 0.2) is 30.4 Å². The Balaban J connectivity index is 2.53. The minimum absolute atomic E-state index is 0.627. The topological polar surface area (TPSA) is 21.3 Å². The quantitative estimate of drug-likeness (QED) is 0.747. The molecule has 1 N–H and O–H groups in total. The standard InChI is InChI=1S/C14H20ClNO/c1-4-16-10-12-5-6-14(13(15)9-12)17-8-7-11(2)3/h5-6,9,16H,2,4,7-8,10H2,1,3H3. The Bertz CT molecular complexity index is 376. The lowest BCUT2D eigenvalue weighted by Gasteiger charge is -2.09. The highest BCUT2D eigenvalue weighted by Gasteiger charge is 2.02. The summed E-state index contributed by atoms with van der Waals surface area (Å²) in [5.74, 6) is 0.744. The normalized spacial score (nSPS) is 10.3. The lowest BCUT2D eigenvalue weighted by atomic mass is 10.2. The smallest absolute Gasteiger partial charge is 0.137 e. The zero-order valence-corrected chi connectivity index (χ0v) is 11.3. The third kappa shape index (κ3) is 5.24. The summed E-state index contributed by atoms with van der Waals surface area (Å²) in [5.41, 5.74) is 2.29. The first-order chi connectivity index (χ1) is 8.13. The minimum atomic E-state index is 0.627. The Morgan fingerprint density at radius 1 is 1.47 bits per heavy atom. The molecule has 0 spiro atoms. The van der Waals surface area contributed by atoms with E-state index < -0.39 is 0 Å². The number of hydrogen-bond donors (Lipinski definition) is 1. The summed E-state index contributed by atoms with van der Waals surface area (Å²) < 4.78 is 5.59. The maximum absolute atomic E-state index is 6.15. The molecule has 0 aliphatic rings. The first-order valence-corrected chi connectivity index (χ1v) is 6.27. The second-order valence-corrected chi connectivity index (χ2v) is 4.51. The number of hydrogen-bond acceptors (Lipinski definition) is 2. The fraction of sp³-hybridized carbons (Fsp3) is 0.429. The molecule has 0 aliphatic heterocycles. The number of benzene rings is 1. The van der Waals surface area contributed by atoms with Gasteiger partial charge in [-0.1, -0.05) is 30.2 Å². The minimum Gasteiger partial charge on any atom is -0.492 e. The van der Waals surface area contributed by atoms with Gasteiger partial charge in [0.2, 0.25) is 0 Å². The molecule has 1 aromatic rings. The van der Waals surface area contributed by atoms with Crippen molar-refractivity contribution in [3.63, 3.8) is 0 Å². The zero-order chi connectivity index (χ0) is 12.7. The van der Waals surface area contributed by atoms with Gasteiger partial charge in [0, 0.05) is 13.0 Å². The molecular weight excluding hydrogens is 234 g/mol. The van der Waals surface area contributed by atoms with Gasteiger partial charge in [0.25, 0.3) is 0 Å². The first kappa shape index (κ1) is 14.1. The average molecular weight is 254 g/mol. The number of nitrogens with one attached hydrogen (secondary N) is 1. The van der Waals surface area contributed by atoms with Crippen LogP contribution >= 0.6 is 11.6 Å². The molecule has 94 valence electrons. The molecule has 0 saturated carbocycles. The van der Waals surface area contributed by atoms with Crippen molar-refractivity contribution < 1.29 is 4.74 Å². The van der Waals surface area contributed by atoms with Gasteiger partial charge in [-0.25, -0.2) is 0 Å². The molecule has 0 aliphatic carbocycles. The SMILES string of the molecule is C=C(C)CCOc1ccc(CNCC)cc1Cl. The van der Waals surface area contributed by atoms with E-state index in [1.165, 1.54) is 5.56 Å². The van der Waals surface area contributed by atoms with Gasteiger partial charge < -0.3 is 10.1 Å². The van der Waals surface area contributed by atoms with Crippen LogP contribution in [0.25, 0.3) is 0 Å². The molecule has 1 rings (SSSR count). The van der Waals surface area contributed by atoms with Gasteiger partial charge in [-0.15, -0.1) is 6.58 Å². The van der Waals surface area contributed by atoms with Gasteiger partial charge in [0.1, 0.15) is 5.75 Å². The summed E-state index contributed by atoms with van der Waals surface area (Å²) in [6.45, 7) is 10.3. The molecular formula is C14H20ClNO. The summed E-state index contributed by atoms with van der Waals surface area (Å²) in [4.78, 5) is 0. The molecule has 0 saturated heterocycles. The second kappa shape index (κ2) is 7.36. The molecule has 2 nitrogen and oxygen atoms in total. The van der Waals surface area contributed by atoms with Gasteiger partial charge in [0.15, 0.2) is 0 Å². The molecule has 0 atom stereocenters. The Morgan fingerprint density at radius 2 is 2.24 bits per heavy atom. The maximum Gasteiger partial charge on any atom is 0.137 e. The van der Waals surface area contributed by atoms with E-state index in [0.29, 0.717) is 11.6 Å². The van der Waals surface area contributed by atoms with Crippen molar-refractivity contribution in [2.45, 2.75) is 26.8 Å².